The molecule has 0 N–H and O–H groups in total. The molecule has 35 heavy (non-hydrogen) atoms. The van der Waals surface area contributed by atoms with Gasteiger partial charge < -0.3 is 14.4 Å². The number of carbonyl (C=O) groups excluding carboxylic acids is 1. The second kappa shape index (κ2) is 8.68. The van der Waals surface area contributed by atoms with E-state index in [2.05, 4.69) is 10.1 Å². The second-order valence-corrected chi connectivity index (χ2v) is 8.59. The Morgan fingerprint density at radius 2 is 1.69 bits per heavy atom. The monoisotopic (exact) mass is 481 g/mol. The Labute approximate surface area is 200 Å². The molecule has 5 rings (SSSR count). The van der Waals surface area contributed by atoms with Crippen molar-refractivity contribution in [2.45, 2.75) is 18.8 Å². The van der Waals surface area contributed by atoms with Gasteiger partial charge >= 0.3 is 0 Å². The van der Waals surface area contributed by atoms with Gasteiger partial charge in [-0.2, -0.15) is 5.10 Å². The molecule has 1 aromatic carbocycles. The van der Waals surface area contributed by atoms with Crippen LogP contribution in [0.1, 0.15) is 23.2 Å². The van der Waals surface area contributed by atoms with Crippen molar-refractivity contribution in [1.29, 1.82) is 0 Å². The van der Waals surface area contributed by atoms with Gasteiger partial charge in [0, 0.05) is 56.5 Å². The molecule has 0 bridgehead atoms. The molecule has 0 spiro atoms. The minimum atomic E-state index is -2.74. The number of methoxy groups -OCH3 is 2. The molecule has 1 aliphatic heterocycles. The standard InChI is InChI=1S/C25H25F2N5O3/c1-30-15-18(13-29-30)16-4-7-32-19(14-28-22(32)12-16)17-10-20(34-2)23(21(11-17)35-3)24(33)31-8-5-25(26,27)6-9-31/h4,7,10-15H,5-6,8-9H2,1-3H3. The summed E-state index contributed by atoms with van der Waals surface area (Å²) in [5.74, 6) is -2.51. The summed E-state index contributed by atoms with van der Waals surface area (Å²) in [7, 11) is 4.80. The summed E-state index contributed by atoms with van der Waals surface area (Å²) < 4.78 is 42.0. The van der Waals surface area contributed by atoms with Crippen LogP contribution in [-0.4, -0.2) is 63.2 Å². The fourth-order valence-electron chi connectivity index (χ4n) is 4.41. The van der Waals surface area contributed by atoms with Crippen LogP contribution >= 0.6 is 0 Å². The maximum Gasteiger partial charge on any atom is 0.261 e. The Morgan fingerprint density at radius 1 is 1.00 bits per heavy atom. The van der Waals surface area contributed by atoms with Crippen LogP contribution < -0.4 is 9.47 Å². The lowest BCUT2D eigenvalue weighted by Gasteiger charge is -2.32. The SMILES string of the molecule is COc1cc(-c2cnc3cc(-c4cnn(C)c4)ccn23)cc(OC)c1C(=O)N1CCC(F)(F)CC1. The number of carbonyl (C=O) groups is 1. The number of imidazole rings is 1. The fourth-order valence-corrected chi connectivity index (χ4v) is 4.41. The average molecular weight is 482 g/mol. The molecule has 0 aliphatic carbocycles. The number of fused-ring (bicyclic) bond motifs is 1. The summed E-state index contributed by atoms with van der Waals surface area (Å²) in [6.07, 6.45) is 6.68. The van der Waals surface area contributed by atoms with E-state index in [1.54, 1.807) is 29.2 Å². The lowest BCUT2D eigenvalue weighted by molar-refractivity contribution is -0.0494. The van der Waals surface area contributed by atoms with Gasteiger partial charge in [0.15, 0.2) is 0 Å². The molecule has 1 aliphatic rings. The average Bonchev–Trinajstić information content (AvgIpc) is 3.48. The predicted octanol–water partition coefficient (Wildman–Crippen LogP) is 4.29. The van der Waals surface area contributed by atoms with Crippen LogP contribution in [-0.2, 0) is 7.05 Å². The molecule has 4 aromatic rings. The van der Waals surface area contributed by atoms with Crippen LogP contribution in [0.5, 0.6) is 11.5 Å². The Bertz CT molecular complexity index is 1380. The molecular weight excluding hydrogens is 456 g/mol. The number of hydrogen-bond donors (Lipinski definition) is 0. The van der Waals surface area contributed by atoms with Crippen molar-refractivity contribution in [2.24, 2.45) is 7.05 Å². The molecule has 0 saturated carbocycles. The smallest absolute Gasteiger partial charge is 0.261 e. The fraction of sp³-hybridized carbons (Fsp3) is 0.320. The third-order valence-electron chi connectivity index (χ3n) is 6.35. The van der Waals surface area contributed by atoms with Gasteiger partial charge in [-0.05, 0) is 29.8 Å². The van der Waals surface area contributed by atoms with Crippen molar-refractivity contribution in [3.8, 4) is 33.9 Å². The number of likely N-dealkylation sites (tertiary alicyclic amines) is 1. The van der Waals surface area contributed by atoms with Crippen molar-refractivity contribution < 1.29 is 23.0 Å². The van der Waals surface area contributed by atoms with E-state index in [-0.39, 0.29) is 37.4 Å². The van der Waals surface area contributed by atoms with Gasteiger partial charge in [-0.1, -0.05) is 0 Å². The molecule has 4 heterocycles. The third kappa shape index (κ3) is 4.20. The number of benzene rings is 1. The van der Waals surface area contributed by atoms with E-state index < -0.39 is 5.92 Å². The molecule has 1 amide bonds. The maximum atomic E-state index is 13.6. The highest BCUT2D eigenvalue weighted by Gasteiger charge is 2.37. The third-order valence-corrected chi connectivity index (χ3v) is 6.35. The van der Waals surface area contributed by atoms with E-state index in [0.717, 1.165) is 28.0 Å². The first-order valence-corrected chi connectivity index (χ1v) is 11.2. The van der Waals surface area contributed by atoms with Crippen LogP contribution in [0.4, 0.5) is 8.78 Å². The zero-order valence-corrected chi connectivity index (χ0v) is 19.7. The summed E-state index contributed by atoms with van der Waals surface area (Å²) in [4.78, 5) is 19.2. The van der Waals surface area contributed by atoms with E-state index in [1.807, 2.05) is 36.0 Å². The van der Waals surface area contributed by atoms with Gasteiger partial charge in [-0.3, -0.25) is 13.9 Å². The minimum Gasteiger partial charge on any atom is -0.496 e. The van der Waals surface area contributed by atoms with Gasteiger partial charge in [-0.15, -0.1) is 0 Å². The first-order valence-electron chi connectivity index (χ1n) is 11.2. The quantitative estimate of drug-likeness (QED) is 0.425. The second-order valence-electron chi connectivity index (χ2n) is 8.59. The lowest BCUT2D eigenvalue weighted by Crippen LogP contribution is -2.42. The highest BCUT2D eigenvalue weighted by molar-refractivity contribution is 6.00. The van der Waals surface area contributed by atoms with Crippen molar-refractivity contribution in [1.82, 2.24) is 24.1 Å². The van der Waals surface area contributed by atoms with Gasteiger partial charge in [0.05, 0.1) is 32.3 Å². The number of aryl methyl sites for hydroxylation is 1. The van der Waals surface area contributed by atoms with Crippen LogP contribution in [0.2, 0.25) is 0 Å². The maximum absolute atomic E-state index is 13.6. The topological polar surface area (TPSA) is 73.9 Å². The zero-order chi connectivity index (χ0) is 24.7. The Morgan fingerprint density at radius 3 is 2.29 bits per heavy atom. The predicted molar refractivity (Wildman–Crippen MR) is 126 cm³/mol. The number of piperidine rings is 1. The van der Waals surface area contributed by atoms with Gasteiger partial charge in [0.25, 0.3) is 11.8 Å². The summed E-state index contributed by atoms with van der Waals surface area (Å²) in [5, 5.41) is 4.22. The van der Waals surface area contributed by atoms with Gasteiger partial charge in [-0.25, -0.2) is 13.8 Å². The van der Waals surface area contributed by atoms with E-state index >= 15 is 0 Å². The van der Waals surface area contributed by atoms with Crippen LogP contribution in [0.3, 0.4) is 0 Å². The number of halogens is 2. The summed E-state index contributed by atoms with van der Waals surface area (Å²) in [5.41, 5.74) is 4.46. The molecule has 0 atom stereocenters. The molecule has 1 saturated heterocycles. The Hall–Kier alpha value is -3.95. The molecule has 10 heteroatoms. The van der Waals surface area contributed by atoms with E-state index in [1.165, 1.54) is 19.1 Å². The first-order chi connectivity index (χ1) is 16.8. The van der Waals surface area contributed by atoms with Crippen molar-refractivity contribution >= 4 is 11.6 Å². The number of hydrogen-bond acceptors (Lipinski definition) is 5. The number of rotatable bonds is 5. The summed E-state index contributed by atoms with van der Waals surface area (Å²) >= 11 is 0. The van der Waals surface area contributed by atoms with Crippen molar-refractivity contribution in [3.05, 3.63) is 54.6 Å². The Balaban J connectivity index is 1.52. The summed E-state index contributed by atoms with van der Waals surface area (Å²) in [6.45, 7) is -0.0428. The molecular formula is C25H25F2N5O3. The number of amides is 1. The molecule has 1 fully saturated rings. The highest BCUT2D eigenvalue weighted by Crippen LogP contribution is 2.38. The van der Waals surface area contributed by atoms with Crippen LogP contribution in [0.25, 0.3) is 28.0 Å². The minimum absolute atomic E-state index is 0.0214. The molecule has 3 aromatic heterocycles. The molecule has 0 unspecified atom stereocenters. The largest absolute Gasteiger partial charge is 0.496 e. The molecule has 8 nitrogen and oxygen atoms in total. The molecule has 182 valence electrons. The number of pyridine rings is 1. The normalized spacial score (nSPS) is 15.4. The van der Waals surface area contributed by atoms with E-state index in [0.29, 0.717) is 11.5 Å². The van der Waals surface area contributed by atoms with Crippen LogP contribution in [0, 0.1) is 0 Å². The number of aromatic nitrogens is 4. The summed E-state index contributed by atoms with van der Waals surface area (Å²) in [6, 6.07) is 7.44. The number of ether oxygens (including phenoxy) is 2. The van der Waals surface area contributed by atoms with Gasteiger partial charge in [0.1, 0.15) is 22.7 Å². The first kappa shape index (κ1) is 22.8. The van der Waals surface area contributed by atoms with E-state index in [4.69, 9.17) is 9.47 Å². The van der Waals surface area contributed by atoms with Gasteiger partial charge in [0.2, 0.25) is 0 Å². The lowest BCUT2D eigenvalue weighted by atomic mass is 10.0. The van der Waals surface area contributed by atoms with Crippen molar-refractivity contribution in [3.63, 3.8) is 0 Å². The van der Waals surface area contributed by atoms with E-state index in [9.17, 15) is 13.6 Å². The number of nitrogens with zero attached hydrogens (tertiary/aromatic N) is 5. The zero-order valence-electron chi connectivity index (χ0n) is 19.7. The van der Waals surface area contributed by atoms with Crippen molar-refractivity contribution in [2.75, 3.05) is 27.3 Å². The van der Waals surface area contributed by atoms with Crippen LogP contribution in [0.15, 0.2) is 49.1 Å². The Kier molecular flexibility index (Phi) is 5.66. The number of alkyl halides is 2. The molecule has 0 radical (unpaired) electrons. The highest BCUT2D eigenvalue weighted by atomic mass is 19.3.